The standard InChI is InChI=1S/C18H16N4O5/c19-17(25)14-9-13(4-5-20-14)27-12-3-1-2-11(8-12)21-15-10-16(24)22(6-7-23)18(15)26/h1-5,8-10,21,23H,6-7H2,(H2,19,25). The van der Waals surface area contributed by atoms with Gasteiger partial charge in [0.25, 0.3) is 17.7 Å². The Hall–Kier alpha value is -3.72. The Morgan fingerprint density at radius 2 is 2.00 bits per heavy atom. The van der Waals surface area contributed by atoms with Gasteiger partial charge in [0.1, 0.15) is 22.9 Å². The summed E-state index contributed by atoms with van der Waals surface area (Å²) < 4.78 is 5.68. The Kier molecular flexibility index (Phi) is 5.13. The third-order valence-electron chi connectivity index (χ3n) is 3.67. The minimum Gasteiger partial charge on any atom is -0.457 e. The van der Waals surface area contributed by atoms with E-state index >= 15 is 0 Å². The van der Waals surface area contributed by atoms with E-state index < -0.39 is 17.7 Å². The van der Waals surface area contributed by atoms with Gasteiger partial charge in [-0.05, 0) is 18.2 Å². The molecular formula is C18H16N4O5. The van der Waals surface area contributed by atoms with E-state index in [9.17, 15) is 14.4 Å². The summed E-state index contributed by atoms with van der Waals surface area (Å²) in [7, 11) is 0. The van der Waals surface area contributed by atoms with Crippen LogP contribution in [0.2, 0.25) is 0 Å². The molecular weight excluding hydrogens is 352 g/mol. The molecule has 0 aliphatic carbocycles. The van der Waals surface area contributed by atoms with Crippen LogP contribution in [0.4, 0.5) is 5.69 Å². The zero-order valence-corrected chi connectivity index (χ0v) is 14.1. The molecule has 1 aliphatic heterocycles. The van der Waals surface area contributed by atoms with Crippen molar-refractivity contribution in [1.82, 2.24) is 9.88 Å². The number of primary amides is 1. The van der Waals surface area contributed by atoms with Crippen molar-refractivity contribution in [2.75, 3.05) is 18.5 Å². The number of ether oxygens (including phenoxy) is 1. The molecule has 3 rings (SSSR count). The molecule has 138 valence electrons. The summed E-state index contributed by atoms with van der Waals surface area (Å²) in [4.78, 5) is 39.9. The van der Waals surface area contributed by atoms with E-state index in [0.29, 0.717) is 17.2 Å². The first-order valence-corrected chi connectivity index (χ1v) is 7.97. The molecule has 2 heterocycles. The zero-order chi connectivity index (χ0) is 19.4. The highest BCUT2D eigenvalue weighted by Gasteiger charge is 2.30. The van der Waals surface area contributed by atoms with E-state index in [1.54, 1.807) is 30.3 Å². The van der Waals surface area contributed by atoms with E-state index in [2.05, 4.69) is 10.3 Å². The summed E-state index contributed by atoms with van der Waals surface area (Å²) in [5.41, 5.74) is 5.90. The summed E-state index contributed by atoms with van der Waals surface area (Å²) in [6.45, 7) is -0.367. The minimum atomic E-state index is -0.667. The molecule has 0 bridgehead atoms. The van der Waals surface area contributed by atoms with Gasteiger partial charge in [-0.3, -0.25) is 24.3 Å². The highest BCUT2D eigenvalue weighted by molar-refractivity contribution is 6.17. The number of nitrogens with one attached hydrogen (secondary N) is 1. The fourth-order valence-electron chi connectivity index (χ4n) is 2.45. The molecule has 2 aromatic rings. The lowest BCUT2D eigenvalue weighted by Crippen LogP contribution is -2.34. The van der Waals surface area contributed by atoms with E-state index in [1.807, 2.05) is 0 Å². The quantitative estimate of drug-likeness (QED) is 0.610. The number of β-amino-alcohol motifs (C(OH)–C–C–N with tert-alkyl or cyclic N) is 1. The predicted octanol–water partition coefficient (Wildman–Crippen LogP) is 0.630. The van der Waals surface area contributed by atoms with Gasteiger partial charge in [-0.15, -0.1) is 0 Å². The van der Waals surface area contributed by atoms with Gasteiger partial charge in [-0.2, -0.15) is 0 Å². The van der Waals surface area contributed by atoms with Gasteiger partial charge in [-0.25, -0.2) is 0 Å². The monoisotopic (exact) mass is 368 g/mol. The Labute approximate surface area is 154 Å². The summed E-state index contributed by atoms with van der Waals surface area (Å²) in [6, 6.07) is 9.68. The molecule has 9 heteroatoms. The molecule has 0 saturated carbocycles. The SMILES string of the molecule is NC(=O)c1cc(Oc2cccc(NC3=CC(=O)N(CCO)C3=O)c2)ccn1. The summed E-state index contributed by atoms with van der Waals surface area (Å²) in [5.74, 6) is -0.859. The highest BCUT2D eigenvalue weighted by atomic mass is 16.5. The molecule has 3 amide bonds. The van der Waals surface area contributed by atoms with E-state index in [-0.39, 0.29) is 24.5 Å². The minimum absolute atomic E-state index is 0.0628. The summed E-state index contributed by atoms with van der Waals surface area (Å²) in [5, 5.41) is 11.8. The molecule has 1 aromatic heterocycles. The van der Waals surface area contributed by atoms with Crippen LogP contribution in [0.25, 0.3) is 0 Å². The van der Waals surface area contributed by atoms with Gasteiger partial charge in [0, 0.05) is 30.1 Å². The number of benzene rings is 1. The van der Waals surface area contributed by atoms with Crippen LogP contribution in [0.15, 0.2) is 54.4 Å². The number of aliphatic hydroxyl groups is 1. The van der Waals surface area contributed by atoms with E-state index in [1.165, 1.54) is 18.3 Å². The van der Waals surface area contributed by atoms with Gasteiger partial charge in [-0.1, -0.05) is 6.07 Å². The van der Waals surface area contributed by atoms with Crippen molar-refractivity contribution in [1.29, 1.82) is 0 Å². The van der Waals surface area contributed by atoms with Crippen molar-refractivity contribution in [3.63, 3.8) is 0 Å². The lowest BCUT2D eigenvalue weighted by atomic mass is 10.2. The second-order valence-electron chi connectivity index (χ2n) is 5.57. The van der Waals surface area contributed by atoms with Crippen molar-refractivity contribution in [3.05, 3.63) is 60.1 Å². The third-order valence-corrected chi connectivity index (χ3v) is 3.67. The predicted molar refractivity (Wildman–Crippen MR) is 94.8 cm³/mol. The Morgan fingerprint density at radius 1 is 1.22 bits per heavy atom. The molecule has 0 atom stereocenters. The van der Waals surface area contributed by atoms with Crippen molar-refractivity contribution in [2.45, 2.75) is 0 Å². The fraction of sp³-hybridized carbons (Fsp3) is 0.111. The molecule has 27 heavy (non-hydrogen) atoms. The average molecular weight is 368 g/mol. The Morgan fingerprint density at radius 3 is 2.74 bits per heavy atom. The van der Waals surface area contributed by atoms with Gasteiger partial charge >= 0.3 is 0 Å². The molecule has 1 aromatic carbocycles. The number of hydrogen-bond donors (Lipinski definition) is 3. The highest BCUT2D eigenvalue weighted by Crippen LogP contribution is 2.26. The number of aliphatic hydroxyl groups excluding tert-OH is 1. The van der Waals surface area contributed by atoms with Crippen molar-refractivity contribution >= 4 is 23.4 Å². The van der Waals surface area contributed by atoms with Gasteiger partial charge in [0.15, 0.2) is 0 Å². The number of hydrogen-bond acceptors (Lipinski definition) is 7. The topological polar surface area (TPSA) is 135 Å². The van der Waals surface area contributed by atoms with Gasteiger partial charge < -0.3 is 20.9 Å². The van der Waals surface area contributed by atoms with Crippen LogP contribution in [-0.4, -0.2) is 45.9 Å². The first-order valence-electron chi connectivity index (χ1n) is 7.97. The molecule has 9 nitrogen and oxygen atoms in total. The van der Waals surface area contributed by atoms with Crippen LogP contribution in [0.3, 0.4) is 0 Å². The van der Waals surface area contributed by atoms with Crippen LogP contribution in [0.5, 0.6) is 11.5 Å². The molecule has 0 unspecified atom stereocenters. The second-order valence-corrected chi connectivity index (χ2v) is 5.57. The largest absolute Gasteiger partial charge is 0.457 e. The number of anilines is 1. The second kappa shape index (κ2) is 7.67. The van der Waals surface area contributed by atoms with E-state index in [4.69, 9.17) is 15.6 Å². The van der Waals surface area contributed by atoms with Crippen LogP contribution in [0, 0.1) is 0 Å². The molecule has 4 N–H and O–H groups in total. The zero-order valence-electron chi connectivity index (χ0n) is 14.1. The number of nitrogens with zero attached hydrogens (tertiary/aromatic N) is 2. The van der Waals surface area contributed by atoms with Crippen molar-refractivity contribution in [2.24, 2.45) is 5.73 Å². The Bertz CT molecular complexity index is 941. The first kappa shape index (κ1) is 18.1. The molecule has 0 spiro atoms. The number of carbonyl (C=O) groups excluding carboxylic acids is 3. The number of carbonyl (C=O) groups is 3. The summed E-state index contributed by atoms with van der Waals surface area (Å²) in [6.07, 6.45) is 2.58. The first-order chi connectivity index (χ1) is 13.0. The maximum absolute atomic E-state index is 12.2. The van der Waals surface area contributed by atoms with Crippen molar-refractivity contribution in [3.8, 4) is 11.5 Å². The van der Waals surface area contributed by atoms with Gasteiger partial charge in [0.05, 0.1) is 13.2 Å². The Balaban J connectivity index is 1.74. The maximum atomic E-state index is 12.2. The summed E-state index contributed by atoms with van der Waals surface area (Å²) >= 11 is 0. The normalized spacial score (nSPS) is 13.5. The van der Waals surface area contributed by atoms with Crippen LogP contribution in [-0.2, 0) is 9.59 Å². The number of imide groups is 1. The lowest BCUT2D eigenvalue weighted by Gasteiger charge is -2.14. The molecule has 1 aliphatic rings. The van der Waals surface area contributed by atoms with Crippen LogP contribution < -0.4 is 15.8 Å². The van der Waals surface area contributed by atoms with Crippen LogP contribution in [0.1, 0.15) is 10.5 Å². The number of pyridine rings is 1. The number of nitrogens with two attached hydrogens (primary N) is 1. The van der Waals surface area contributed by atoms with Gasteiger partial charge in [0.2, 0.25) is 0 Å². The number of amides is 3. The molecule has 0 radical (unpaired) electrons. The number of rotatable bonds is 7. The average Bonchev–Trinajstić information content (AvgIpc) is 2.90. The number of aromatic nitrogens is 1. The third kappa shape index (κ3) is 4.10. The lowest BCUT2D eigenvalue weighted by molar-refractivity contribution is -0.137. The smallest absolute Gasteiger partial charge is 0.277 e. The van der Waals surface area contributed by atoms with Crippen LogP contribution >= 0.6 is 0 Å². The van der Waals surface area contributed by atoms with E-state index in [0.717, 1.165) is 4.90 Å². The van der Waals surface area contributed by atoms with Crippen molar-refractivity contribution < 1.29 is 24.2 Å². The fourth-order valence-corrected chi connectivity index (χ4v) is 2.45. The maximum Gasteiger partial charge on any atom is 0.277 e. The molecule has 0 saturated heterocycles. The molecule has 0 fully saturated rings.